The first kappa shape index (κ1) is 17.5. The van der Waals surface area contributed by atoms with Gasteiger partial charge in [0.2, 0.25) is 0 Å². The first-order chi connectivity index (χ1) is 12.7. The fraction of sp³-hybridized carbons (Fsp3) is 0.105. The van der Waals surface area contributed by atoms with E-state index in [0.717, 1.165) is 16.5 Å². The third-order valence-corrected chi connectivity index (χ3v) is 3.85. The van der Waals surface area contributed by atoms with Crippen molar-refractivity contribution in [3.05, 3.63) is 65.3 Å². The Morgan fingerprint density at radius 3 is 2.96 bits per heavy atom. The van der Waals surface area contributed by atoms with Gasteiger partial charge in [-0.1, -0.05) is 35.9 Å². The van der Waals surface area contributed by atoms with Gasteiger partial charge < -0.3 is 9.30 Å². The van der Waals surface area contributed by atoms with Gasteiger partial charge in [-0.25, -0.2) is 5.43 Å². The van der Waals surface area contributed by atoms with E-state index in [-0.39, 0.29) is 19.1 Å². The molecule has 0 atom stereocenters. The summed E-state index contributed by atoms with van der Waals surface area (Å²) in [6, 6.07) is 16.6. The van der Waals surface area contributed by atoms with E-state index in [1.165, 1.54) is 0 Å². The van der Waals surface area contributed by atoms with Gasteiger partial charge >= 0.3 is 0 Å². The van der Waals surface area contributed by atoms with Crippen LogP contribution in [0.2, 0.25) is 5.02 Å². The molecule has 0 radical (unpaired) electrons. The van der Waals surface area contributed by atoms with Crippen LogP contribution < -0.4 is 10.2 Å². The van der Waals surface area contributed by atoms with E-state index in [2.05, 4.69) is 16.6 Å². The zero-order valence-electron chi connectivity index (χ0n) is 13.7. The van der Waals surface area contributed by atoms with Crippen molar-refractivity contribution in [2.45, 2.75) is 6.54 Å². The molecule has 0 unspecified atom stereocenters. The smallest absolute Gasteiger partial charge is 0.277 e. The number of hydrogen-bond acceptors (Lipinski definition) is 4. The third kappa shape index (κ3) is 4.21. The molecule has 130 valence electrons. The van der Waals surface area contributed by atoms with E-state index in [0.29, 0.717) is 10.8 Å². The summed E-state index contributed by atoms with van der Waals surface area (Å²) >= 11 is 5.86. The molecule has 6 nitrogen and oxygen atoms in total. The summed E-state index contributed by atoms with van der Waals surface area (Å²) in [6.07, 6.45) is 3.37. The summed E-state index contributed by atoms with van der Waals surface area (Å²) in [5.41, 5.74) is 4.17. The van der Waals surface area contributed by atoms with Crippen LogP contribution >= 0.6 is 11.6 Å². The number of rotatable bonds is 6. The second kappa shape index (κ2) is 8.19. The van der Waals surface area contributed by atoms with Crippen molar-refractivity contribution in [1.82, 2.24) is 9.99 Å². The third-order valence-electron chi connectivity index (χ3n) is 3.62. The normalized spacial score (nSPS) is 10.8. The maximum absolute atomic E-state index is 11.8. The monoisotopic (exact) mass is 366 g/mol. The highest BCUT2D eigenvalue weighted by Gasteiger charge is 2.06. The van der Waals surface area contributed by atoms with Crippen molar-refractivity contribution < 1.29 is 9.53 Å². The van der Waals surface area contributed by atoms with Crippen LogP contribution in [0.15, 0.2) is 59.8 Å². The van der Waals surface area contributed by atoms with Crippen LogP contribution in [0.25, 0.3) is 10.9 Å². The molecular weight excluding hydrogens is 352 g/mol. The highest BCUT2D eigenvalue weighted by atomic mass is 35.5. The quantitative estimate of drug-likeness (QED) is 0.536. The molecule has 0 saturated heterocycles. The number of carbonyl (C=O) groups is 1. The number of aromatic nitrogens is 1. The second-order valence-electron chi connectivity index (χ2n) is 5.43. The molecule has 0 spiro atoms. The van der Waals surface area contributed by atoms with E-state index in [9.17, 15) is 4.79 Å². The topological polar surface area (TPSA) is 79.4 Å². The zero-order chi connectivity index (χ0) is 18.4. The summed E-state index contributed by atoms with van der Waals surface area (Å²) < 4.78 is 7.18. The molecule has 2 aromatic carbocycles. The number of fused-ring (bicyclic) bond motifs is 1. The van der Waals surface area contributed by atoms with E-state index >= 15 is 0 Å². The molecule has 1 N–H and O–H groups in total. The van der Waals surface area contributed by atoms with Crippen LogP contribution in [0.5, 0.6) is 5.75 Å². The minimum atomic E-state index is -0.387. The number of nitrogens with one attached hydrogen (secondary N) is 1. The average Bonchev–Trinajstić information content (AvgIpc) is 2.99. The van der Waals surface area contributed by atoms with Crippen molar-refractivity contribution in [3.8, 4) is 11.8 Å². The predicted octanol–water partition coefficient (Wildman–Crippen LogP) is 3.35. The van der Waals surface area contributed by atoms with Crippen LogP contribution in [0, 0.1) is 11.3 Å². The molecular formula is C19H15ClN4O2. The van der Waals surface area contributed by atoms with Crippen LogP contribution in [0.1, 0.15) is 5.56 Å². The van der Waals surface area contributed by atoms with Crippen molar-refractivity contribution in [1.29, 1.82) is 5.26 Å². The van der Waals surface area contributed by atoms with Gasteiger partial charge in [0.05, 0.1) is 12.3 Å². The largest absolute Gasteiger partial charge is 0.484 e. The predicted molar refractivity (Wildman–Crippen MR) is 100 cm³/mol. The van der Waals surface area contributed by atoms with E-state index in [1.54, 1.807) is 30.5 Å². The summed E-state index contributed by atoms with van der Waals surface area (Å²) in [6.45, 7) is 0.0715. The number of hydrogen-bond donors (Lipinski definition) is 1. The second-order valence-corrected chi connectivity index (χ2v) is 5.86. The Morgan fingerprint density at radius 1 is 1.31 bits per heavy atom. The number of nitrogens with zero attached hydrogens (tertiary/aromatic N) is 3. The Morgan fingerprint density at radius 2 is 2.15 bits per heavy atom. The Labute approximate surface area is 155 Å². The fourth-order valence-corrected chi connectivity index (χ4v) is 2.68. The average molecular weight is 367 g/mol. The minimum Gasteiger partial charge on any atom is -0.484 e. The summed E-state index contributed by atoms with van der Waals surface area (Å²) in [5, 5.41) is 14.4. The molecule has 0 aliphatic heterocycles. The van der Waals surface area contributed by atoms with Gasteiger partial charge in [-0.2, -0.15) is 10.4 Å². The Hall–Kier alpha value is -3.30. The summed E-state index contributed by atoms with van der Waals surface area (Å²) in [7, 11) is 0. The van der Waals surface area contributed by atoms with Gasteiger partial charge in [0.25, 0.3) is 5.91 Å². The molecule has 7 heteroatoms. The standard InChI is InChI=1S/C19H15ClN4O2/c20-15-4-3-5-16(10-15)26-13-19(25)23-22-11-14-12-24(9-8-21)18-7-2-1-6-17(14)18/h1-7,10-12H,9,13H2,(H,23,25). The van der Waals surface area contributed by atoms with Gasteiger partial charge in [-0.15, -0.1) is 0 Å². The fourth-order valence-electron chi connectivity index (χ4n) is 2.50. The van der Waals surface area contributed by atoms with Gasteiger partial charge in [0.15, 0.2) is 6.61 Å². The van der Waals surface area contributed by atoms with Crippen molar-refractivity contribution in [2.24, 2.45) is 5.10 Å². The first-order valence-electron chi connectivity index (χ1n) is 7.82. The molecule has 0 saturated carbocycles. The van der Waals surface area contributed by atoms with Gasteiger partial charge in [-0.05, 0) is 24.3 Å². The van der Waals surface area contributed by atoms with Crippen LogP contribution in [0.4, 0.5) is 0 Å². The van der Waals surface area contributed by atoms with Gasteiger partial charge in [0, 0.05) is 27.7 Å². The molecule has 26 heavy (non-hydrogen) atoms. The molecule has 1 heterocycles. The van der Waals surface area contributed by atoms with E-state index in [1.807, 2.05) is 35.0 Å². The van der Waals surface area contributed by atoms with E-state index < -0.39 is 0 Å². The number of ether oxygens (including phenoxy) is 1. The number of benzene rings is 2. The molecule has 3 rings (SSSR count). The molecule has 1 amide bonds. The lowest BCUT2D eigenvalue weighted by molar-refractivity contribution is -0.123. The number of para-hydroxylation sites is 1. The molecule has 0 aliphatic carbocycles. The Balaban J connectivity index is 1.62. The number of amides is 1. The molecule has 0 aliphatic rings. The lowest BCUT2D eigenvalue weighted by Gasteiger charge is -2.04. The number of nitriles is 1. The SMILES string of the molecule is N#CCn1cc(C=NNC(=O)COc2cccc(Cl)c2)c2ccccc21. The van der Waals surface area contributed by atoms with Gasteiger partial charge in [0.1, 0.15) is 12.3 Å². The van der Waals surface area contributed by atoms with Crippen molar-refractivity contribution in [2.75, 3.05) is 6.61 Å². The zero-order valence-corrected chi connectivity index (χ0v) is 14.5. The number of hydrazone groups is 1. The van der Waals surface area contributed by atoms with Crippen LogP contribution in [-0.4, -0.2) is 23.3 Å². The number of carbonyl (C=O) groups excluding carboxylic acids is 1. The lowest BCUT2D eigenvalue weighted by Crippen LogP contribution is -2.24. The van der Waals surface area contributed by atoms with Crippen molar-refractivity contribution in [3.63, 3.8) is 0 Å². The molecule has 0 fully saturated rings. The number of halogens is 1. The van der Waals surface area contributed by atoms with Gasteiger partial charge in [-0.3, -0.25) is 4.79 Å². The van der Waals surface area contributed by atoms with Crippen LogP contribution in [0.3, 0.4) is 0 Å². The molecule has 3 aromatic rings. The van der Waals surface area contributed by atoms with Crippen molar-refractivity contribution >= 4 is 34.6 Å². The Bertz CT molecular complexity index is 1000. The highest BCUT2D eigenvalue weighted by Crippen LogP contribution is 2.20. The maximum Gasteiger partial charge on any atom is 0.277 e. The molecule has 0 bridgehead atoms. The lowest BCUT2D eigenvalue weighted by atomic mass is 10.2. The molecule has 1 aromatic heterocycles. The summed E-state index contributed by atoms with van der Waals surface area (Å²) in [5.74, 6) is 0.123. The first-order valence-corrected chi connectivity index (χ1v) is 8.20. The van der Waals surface area contributed by atoms with E-state index in [4.69, 9.17) is 21.6 Å². The Kier molecular flexibility index (Phi) is 5.52. The summed E-state index contributed by atoms with van der Waals surface area (Å²) in [4.78, 5) is 11.8. The van der Waals surface area contributed by atoms with Crippen LogP contribution in [-0.2, 0) is 11.3 Å². The maximum atomic E-state index is 11.8. The minimum absolute atomic E-state index is 0.173. The highest BCUT2D eigenvalue weighted by molar-refractivity contribution is 6.30.